The van der Waals surface area contributed by atoms with Gasteiger partial charge in [-0.05, 0) is 5.25 Å². The number of ether oxygens (including phenoxy) is 1. The highest BCUT2D eigenvalue weighted by atomic mass is 32.2. The highest BCUT2D eigenvalue weighted by Crippen LogP contribution is 2.21. The van der Waals surface area contributed by atoms with Crippen molar-refractivity contribution < 1.29 is 19.4 Å². The molecule has 0 bridgehead atoms. The molecule has 5 heteroatoms. The molecule has 0 aromatic carbocycles. The Morgan fingerprint density at radius 3 is 2.31 bits per heavy atom. The lowest BCUT2D eigenvalue weighted by Gasteiger charge is -2.13. The molecule has 0 rings (SSSR count). The second-order valence-corrected chi connectivity index (χ2v) is 4.58. The van der Waals surface area contributed by atoms with Crippen molar-refractivity contribution in [3.63, 3.8) is 0 Å². The van der Waals surface area contributed by atoms with Crippen LogP contribution in [0.25, 0.3) is 0 Å². The highest BCUT2D eigenvalue weighted by Gasteiger charge is 2.23. The van der Waals surface area contributed by atoms with E-state index in [1.165, 1.54) is 18.9 Å². The average molecular weight is 206 g/mol. The fraction of sp³-hybridized carbons (Fsp3) is 0.750. The maximum atomic E-state index is 11.1. The molecule has 4 nitrogen and oxygen atoms in total. The number of carbonyl (C=O) groups excluding carboxylic acids is 1. The molecule has 0 aromatic rings. The van der Waals surface area contributed by atoms with Crippen LogP contribution in [0.1, 0.15) is 20.3 Å². The van der Waals surface area contributed by atoms with E-state index < -0.39 is 17.2 Å². The summed E-state index contributed by atoms with van der Waals surface area (Å²) < 4.78 is 4.49. The minimum Gasteiger partial charge on any atom is -0.481 e. The van der Waals surface area contributed by atoms with E-state index in [0.29, 0.717) is 0 Å². The number of carboxylic acid groups (broad SMARTS) is 1. The lowest BCUT2D eigenvalue weighted by Crippen LogP contribution is -2.23. The Morgan fingerprint density at radius 2 is 2.00 bits per heavy atom. The van der Waals surface area contributed by atoms with Crippen LogP contribution in [0.2, 0.25) is 0 Å². The normalized spacial score (nSPS) is 12.6. The van der Waals surface area contributed by atoms with E-state index >= 15 is 0 Å². The Kier molecular flexibility index (Phi) is 5.53. The maximum Gasteiger partial charge on any atom is 0.319 e. The number of aliphatic carboxylic acids is 1. The Balaban J connectivity index is 4.18. The van der Waals surface area contributed by atoms with E-state index in [2.05, 4.69) is 4.74 Å². The van der Waals surface area contributed by atoms with Crippen molar-refractivity contribution in [3.05, 3.63) is 0 Å². The van der Waals surface area contributed by atoms with Crippen molar-refractivity contribution in [2.24, 2.45) is 0 Å². The van der Waals surface area contributed by atoms with E-state index in [-0.39, 0.29) is 11.7 Å². The fourth-order valence-electron chi connectivity index (χ4n) is 0.806. The molecule has 0 saturated carbocycles. The SMILES string of the molecule is COC(=O)C(CC(=O)O)SC(C)C. The van der Waals surface area contributed by atoms with E-state index in [9.17, 15) is 9.59 Å². The number of carboxylic acids is 1. The summed E-state index contributed by atoms with van der Waals surface area (Å²) in [6.07, 6.45) is -0.185. The van der Waals surface area contributed by atoms with Crippen LogP contribution in [-0.2, 0) is 14.3 Å². The monoisotopic (exact) mass is 206 g/mol. The zero-order valence-corrected chi connectivity index (χ0v) is 8.76. The lowest BCUT2D eigenvalue weighted by molar-refractivity contribution is -0.144. The van der Waals surface area contributed by atoms with Gasteiger partial charge in [-0.25, -0.2) is 0 Å². The van der Waals surface area contributed by atoms with Gasteiger partial charge in [0, 0.05) is 0 Å². The van der Waals surface area contributed by atoms with E-state index in [0.717, 1.165) is 0 Å². The number of rotatable bonds is 5. The summed E-state index contributed by atoms with van der Waals surface area (Å²) in [6, 6.07) is 0. The van der Waals surface area contributed by atoms with Gasteiger partial charge >= 0.3 is 11.9 Å². The summed E-state index contributed by atoms with van der Waals surface area (Å²) in [6.45, 7) is 3.81. The molecule has 0 spiro atoms. The first-order valence-electron chi connectivity index (χ1n) is 3.92. The second-order valence-electron chi connectivity index (χ2n) is 2.79. The molecule has 1 unspecified atom stereocenters. The Hall–Kier alpha value is -0.710. The van der Waals surface area contributed by atoms with Gasteiger partial charge in [0.05, 0.1) is 13.5 Å². The smallest absolute Gasteiger partial charge is 0.319 e. The van der Waals surface area contributed by atoms with Gasteiger partial charge in [0.15, 0.2) is 0 Å². The third kappa shape index (κ3) is 5.52. The van der Waals surface area contributed by atoms with Gasteiger partial charge in [-0.15, -0.1) is 11.8 Å². The van der Waals surface area contributed by atoms with E-state index in [1.807, 2.05) is 13.8 Å². The third-order valence-corrected chi connectivity index (χ3v) is 2.49. The molecule has 1 atom stereocenters. The molecule has 0 aliphatic carbocycles. The third-order valence-electron chi connectivity index (χ3n) is 1.26. The van der Waals surface area contributed by atoms with Crippen molar-refractivity contribution in [2.75, 3.05) is 7.11 Å². The Labute approximate surface area is 81.6 Å². The van der Waals surface area contributed by atoms with Crippen molar-refractivity contribution in [3.8, 4) is 0 Å². The largest absolute Gasteiger partial charge is 0.481 e. The zero-order valence-electron chi connectivity index (χ0n) is 7.94. The molecule has 0 radical (unpaired) electrons. The molecule has 0 fully saturated rings. The molecule has 13 heavy (non-hydrogen) atoms. The first-order valence-corrected chi connectivity index (χ1v) is 4.86. The summed E-state index contributed by atoms with van der Waals surface area (Å²) in [5, 5.41) is 8.14. The van der Waals surface area contributed by atoms with E-state index in [4.69, 9.17) is 5.11 Å². The van der Waals surface area contributed by atoms with Gasteiger partial charge in [-0.3, -0.25) is 9.59 Å². The van der Waals surface area contributed by atoms with Crippen molar-refractivity contribution >= 4 is 23.7 Å². The van der Waals surface area contributed by atoms with Crippen LogP contribution in [0.3, 0.4) is 0 Å². The maximum absolute atomic E-state index is 11.1. The van der Waals surface area contributed by atoms with Gasteiger partial charge in [0.2, 0.25) is 0 Å². The molecule has 0 amide bonds. The topological polar surface area (TPSA) is 63.6 Å². The quantitative estimate of drug-likeness (QED) is 0.683. The number of hydrogen-bond donors (Lipinski definition) is 1. The molecule has 0 heterocycles. The fourth-order valence-corrected chi connectivity index (χ4v) is 1.91. The standard InChI is InChI=1S/C8H14O4S/c1-5(2)13-6(4-7(9)10)8(11)12-3/h5-6H,4H2,1-3H3,(H,9,10). The van der Waals surface area contributed by atoms with Crippen LogP contribution in [0.5, 0.6) is 0 Å². The van der Waals surface area contributed by atoms with Crippen LogP contribution < -0.4 is 0 Å². The zero-order chi connectivity index (χ0) is 10.4. The first kappa shape index (κ1) is 12.3. The van der Waals surface area contributed by atoms with Crippen molar-refractivity contribution in [2.45, 2.75) is 30.8 Å². The second kappa shape index (κ2) is 5.85. The van der Waals surface area contributed by atoms with Crippen LogP contribution in [0.4, 0.5) is 0 Å². The predicted molar refractivity (Wildman–Crippen MR) is 50.8 cm³/mol. The van der Waals surface area contributed by atoms with Gasteiger partial charge in [-0.2, -0.15) is 0 Å². The van der Waals surface area contributed by atoms with Crippen molar-refractivity contribution in [1.82, 2.24) is 0 Å². The molecular weight excluding hydrogens is 192 g/mol. The molecule has 1 N–H and O–H groups in total. The first-order chi connectivity index (χ1) is 5.97. The summed E-state index contributed by atoms with van der Waals surface area (Å²) in [5.41, 5.74) is 0. The lowest BCUT2D eigenvalue weighted by atomic mass is 10.3. The van der Waals surface area contributed by atoms with Crippen molar-refractivity contribution in [1.29, 1.82) is 0 Å². The summed E-state index contributed by atoms with van der Waals surface area (Å²) in [7, 11) is 1.26. The van der Waals surface area contributed by atoms with Gasteiger partial charge in [-0.1, -0.05) is 13.8 Å². The number of esters is 1. The molecular formula is C8H14O4S. The Bertz CT molecular complexity index is 191. The molecule has 0 saturated heterocycles. The predicted octanol–water partition coefficient (Wildman–Crippen LogP) is 1.14. The Morgan fingerprint density at radius 1 is 1.46 bits per heavy atom. The summed E-state index contributed by atoms with van der Waals surface area (Å²) >= 11 is 1.31. The summed E-state index contributed by atoms with van der Waals surface area (Å²) in [4.78, 5) is 21.5. The van der Waals surface area contributed by atoms with Gasteiger partial charge in [0.25, 0.3) is 0 Å². The minimum atomic E-state index is -0.983. The van der Waals surface area contributed by atoms with Crippen LogP contribution >= 0.6 is 11.8 Å². The van der Waals surface area contributed by atoms with Gasteiger partial charge in [0.1, 0.15) is 5.25 Å². The van der Waals surface area contributed by atoms with Crippen LogP contribution in [0.15, 0.2) is 0 Å². The number of methoxy groups -OCH3 is 1. The van der Waals surface area contributed by atoms with Crippen LogP contribution in [-0.4, -0.2) is 34.7 Å². The number of hydrogen-bond acceptors (Lipinski definition) is 4. The molecule has 0 aliphatic heterocycles. The molecule has 0 aromatic heterocycles. The number of carbonyl (C=O) groups is 2. The average Bonchev–Trinajstić information content (AvgIpc) is 2.00. The van der Waals surface area contributed by atoms with Crippen LogP contribution in [0, 0.1) is 0 Å². The highest BCUT2D eigenvalue weighted by molar-refractivity contribution is 8.01. The van der Waals surface area contributed by atoms with E-state index in [1.54, 1.807) is 0 Å². The minimum absolute atomic E-state index is 0.185. The van der Waals surface area contributed by atoms with Gasteiger partial charge < -0.3 is 9.84 Å². The molecule has 76 valence electrons. The number of thioether (sulfide) groups is 1. The summed E-state index contributed by atoms with van der Waals surface area (Å²) in [5.74, 6) is -1.45. The molecule has 0 aliphatic rings.